The van der Waals surface area contributed by atoms with E-state index in [1.165, 1.54) is 6.07 Å². The molecule has 0 aliphatic carbocycles. The van der Waals surface area contributed by atoms with Crippen LogP contribution in [-0.4, -0.2) is 42.7 Å². The summed E-state index contributed by atoms with van der Waals surface area (Å²) in [5, 5.41) is 15.1. The highest BCUT2D eigenvalue weighted by Gasteiger charge is 2.43. The standard InChI is InChI=1S/C34H32ClFN2O2/c1-38(2)19-18-34(39,29-15-9-13-23-10-7-8-14-27(23)29)32(24-11-5-4-6-12-24)28-20-26(22-37-33(28)40-3)25-16-17-31(36)30(35)21-25/h4-17,20-22,32,39H,18-19H2,1-3H3. The molecule has 1 heterocycles. The number of pyridine rings is 1. The minimum absolute atomic E-state index is 0.0349. The fourth-order valence-corrected chi connectivity index (χ4v) is 5.65. The van der Waals surface area contributed by atoms with Crippen LogP contribution < -0.4 is 4.74 Å². The van der Waals surface area contributed by atoms with Gasteiger partial charge in [-0.15, -0.1) is 0 Å². The van der Waals surface area contributed by atoms with Gasteiger partial charge in [0.05, 0.1) is 12.1 Å². The number of methoxy groups -OCH3 is 1. The lowest BCUT2D eigenvalue weighted by Crippen LogP contribution is -2.38. The van der Waals surface area contributed by atoms with Crippen molar-refractivity contribution in [1.82, 2.24) is 9.88 Å². The van der Waals surface area contributed by atoms with Gasteiger partial charge in [-0.05, 0) is 66.2 Å². The van der Waals surface area contributed by atoms with Crippen molar-refractivity contribution in [1.29, 1.82) is 0 Å². The Labute approximate surface area is 239 Å². The summed E-state index contributed by atoms with van der Waals surface area (Å²) in [6.07, 6.45) is 2.13. The quantitative estimate of drug-likeness (QED) is 0.203. The molecule has 40 heavy (non-hydrogen) atoms. The van der Waals surface area contributed by atoms with Crippen LogP contribution in [0.3, 0.4) is 0 Å². The minimum atomic E-state index is -1.35. The molecule has 0 aliphatic rings. The zero-order chi connectivity index (χ0) is 28.3. The molecule has 4 aromatic carbocycles. The maximum absolute atomic E-state index is 14.0. The molecule has 6 heteroatoms. The van der Waals surface area contributed by atoms with Crippen LogP contribution in [0.4, 0.5) is 4.39 Å². The molecule has 0 bridgehead atoms. The molecule has 2 unspecified atom stereocenters. The first-order valence-electron chi connectivity index (χ1n) is 13.2. The van der Waals surface area contributed by atoms with E-state index in [2.05, 4.69) is 28.1 Å². The molecule has 0 spiro atoms. The normalized spacial score (nSPS) is 13.8. The van der Waals surface area contributed by atoms with Crippen LogP contribution in [-0.2, 0) is 5.60 Å². The van der Waals surface area contributed by atoms with Gasteiger partial charge in [0.15, 0.2) is 0 Å². The lowest BCUT2D eigenvalue weighted by molar-refractivity contribution is 0.00517. The average molecular weight is 555 g/mol. The van der Waals surface area contributed by atoms with Crippen molar-refractivity contribution >= 4 is 22.4 Å². The van der Waals surface area contributed by atoms with E-state index < -0.39 is 17.3 Å². The van der Waals surface area contributed by atoms with E-state index in [1.54, 1.807) is 25.4 Å². The molecule has 0 saturated carbocycles. The van der Waals surface area contributed by atoms with Gasteiger partial charge in [-0.25, -0.2) is 9.37 Å². The number of aromatic nitrogens is 1. The smallest absolute Gasteiger partial charge is 0.217 e. The number of benzene rings is 4. The van der Waals surface area contributed by atoms with E-state index in [4.69, 9.17) is 16.3 Å². The topological polar surface area (TPSA) is 45.6 Å². The van der Waals surface area contributed by atoms with E-state index in [1.807, 2.05) is 74.8 Å². The molecule has 0 aliphatic heterocycles. The Bertz CT molecular complexity index is 1620. The predicted molar refractivity (Wildman–Crippen MR) is 160 cm³/mol. The fourth-order valence-electron chi connectivity index (χ4n) is 5.47. The van der Waals surface area contributed by atoms with Crippen LogP contribution in [0.25, 0.3) is 21.9 Å². The van der Waals surface area contributed by atoms with Crippen molar-refractivity contribution in [2.75, 3.05) is 27.7 Å². The fraction of sp³-hybridized carbons (Fsp3) is 0.206. The highest BCUT2D eigenvalue weighted by Crippen LogP contribution is 2.49. The molecule has 5 aromatic rings. The summed E-state index contributed by atoms with van der Waals surface area (Å²) in [5.41, 5.74) is 2.59. The molecule has 0 radical (unpaired) electrons. The Morgan fingerprint density at radius 2 is 1.65 bits per heavy atom. The van der Waals surface area contributed by atoms with Gasteiger partial charge < -0.3 is 14.7 Å². The number of rotatable bonds is 9. The average Bonchev–Trinajstić information content (AvgIpc) is 2.98. The van der Waals surface area contributed by atoms with Crippen LogP contribution in [0.15, 0.2) is 103 Å². The monoisotopic (exact) mass is 554 g/mol. The summed E-state index contributed by atoms with van der Waals surface area (Å²) in [6.45, 7) is 0.645. The molecule has 1 N–H and O–H groups in total. The first-order chi connectivity index (χ1) is 19.3. The van der Waals surface area contributed by atoms with E-state index in [-0.39, 0.29) is 5.02 Å². The third kappa shape index (κ3) is 5.46. The van der Waals surface area contributed by atoms with Gasteiger partial charge in [0.2, 0.25) is 5.88 Å². The number of hydrogen-bond acceptors (Lipinski definition) is 4. The lowest BCUT2D eigenvalue weighted by Gasteiger charge is -2.39. The Morgan fingerprint density at radius 3 is 2.38 bits per heavy atom. The molecule has 204 valence electrons. The second-order valence-electron chi connectivity index (χ2n) is 10.3. The van der Waals surface area contributed by atoms with Gasteiger partial charge >= 0.3 is 0 Å². The third-order valence-electron chi connectivity index (χ3n) is 7.44. The lowest BCUT2D eigenvalue weighted by atomic mass is 9.70. The first-order valence-corrected chi connectivity index (χ1v) is 13.6. The van der Waals surface area contributed by atoms with Crippen molar-refractivity contribution in [3.05, 3.63) is 131 Å². The molecular weight excluding hydrogens is 523 g/mol. The van der Waals surface area contributed by atoms with E-state index in [0.29, 0.717) is 18.8 Å². The number of aliphatic hydroxyl groups is 1. The Kier molecular flexibility index (Phi) is 8.17. The van der Waals surface area contributed by atoms with E-state index in [0.717, 1.165) is 38.6 Å². The summed E-state index contributed by atoms with van der Waals surface area (Å²) < 4.78 is 19.8. The highest BCUT2D eigenvalue weighted by atomic mass is 35.5. The second-order valence-corrected chi connectivity index (χ2v) is 10.7. The highest BCUT2D eigenvalue weighted by molar-refractivity contribution is 6.31. The maximum atomic E-state index is 14.0. The van der Waals surface area contributed by atoms with Gasteiger partial charge in [0, 0.05) is 29.8 Å². The van der Waals surface area contributed by atoms with Crippen LogP contribution in [0.1, 0.15) is 29.0 Å². The molecule has 0 amide bonds. The Morgan fingerprint density at radius 1 is 0.925 bits per heavy atom. The number of nitrogens with zero attached hydrogens (tertiary/aromatic N) is 2. The zero-order valence-corrected chi connectivity index (χ0v) is 23.6. The largest absolute Gasteiger partial charge is 0.481 e. The zero-order valence-electron chi connectivity index (χ0n) is 22.8. The van der Waals surface area contributed by atoms with Crippen molar-refractivity contribution < 1.29 is 14.2 Å². The van der Waals surface area contributed by atoms with Crippen molar-refractivity contribution in [3.63, 3.8) is 0 Å². The Balaban J connectivity index is 1.80. The first kappa shape index (κ1) is 27.8. The molecule has 0 fully saturated rings. The van der Waals surface area contributed by atoms with Gasteiger partial charge in [-0.2, -0.15) is 0 Å². The van der Waals surface area contributed by atoms with E-state index >= 15 is 0 Å². The SMILES string of the molecule is COc1ncc(-c2ccc(F)c(Cl)c2)cc1C(c1ccccc1)C(O)(CCN(C)C)c1cccc2ccccc12. The number of fused-ring (bicyclic) bond motifs is 1. The summed E-state index contributed by atoms with van der Waals surface area (Å²) in [4.78, 5) is 6.73. The molecule has 0 saturated heterocycles. The second kappa shape index (κ2) is 11.8. The number of halogens is 2. The van der Waals surface area contributed by atoms with Crippen LogP contribution in [0.5, 0.6) is 5.88 Å². The third-order valence-corrected chi connectivity index (χ3v) is 7.73. The van der Waals surface area contributed by atoms with Gasteiger partial charge in [0.25, 0.3) is 0 Å². The van der Waals surface area contributed by atoms with Crippen molar-refractivity contribution in [3.8, 4) is 17.0 Å². The molecule has 4 nitrogen and oxygen atoms in total. The van der Waals surface area contributed by atoms with Crippen LogP contribution in [0, 0.1) is 5.82 Å². The van der Waals surface area contributed by atoms with Crippen LogP contribution >= 0.6 is 11.6 Å². The summed E-state index contributed by atoms with van der Waals surface area (Å²) in [6, 6.07) is 30.7. The van der Waals surface area contributed by atoms with Crippen molar-refractivity contribution in [2.24, 2.45) is 0 Å². The molecule has 5 rings (SSSR count). The minimum Gasteiger partial charge on any atom is -0.481 e. The molecule has 2 atom stereocenters. The van der Waals surface area contributed by atoms with Crippen LogP contribution in [0.2, 0.25) is 5.02 Å². The van der Waals surface area contributed by atoms with Gasteiger partial charge in [-0.3, -0.25) is 0 Å². The van der Waals surface area contributed by atoms with Gasteiger partial charge in [-0.1, -0.05) is 90.5 Å². The predicted octanol–water partition coefficient (Wildman–Crippen LogP) is 7.67. The Hall–Kier alpha value is -3.77. The molecular formula is C34H32ClFN2O2. The summed E-state index contributed by atoms with van der Waals surface area (Å²) in [7, 11) is 5.59. The summed E-state index contributed by atoms with van der Waals surface area (Å²) >= 11 is 6.13. The maximum Gasteiger partial charge on any atom is 0.217 e. The van der Waals surface area contributed by atoms with Gasteiger partial charge in [0.1, 0.15) is 11.4 Å². The van der Waals surface area contributed by atoms with E-state index in [9.17, 15) is 9.50 Å². The van der Waals surface area contributed by atoms with Crippen molar-refractivity contribution in [2.45, 2.75) is 17.9 Å². The number of hydrogen-bond donors (Lipinski definition) is 1. The molecule has 1 aromatic heterocycles. The number of ether oxygens (including phenoxy) is 1. The summed E-state index contributed by atoms with van der Waals surface area (Å²) in [5.74, 6) is -0.615.